The van der Waals surface area contributed by atoms with Gasteiger partial charge in [-0.1, -0.05) is 30.3 Å². The van der Waals surface area contributed by atoms with Crippen molar-refractivity contribution in [1.29, 1.82) is 0 Å². The summed E-state index contributed by atoms with van der Waals surface area (Å²) in [6.45, 7) is 3.62. The zero-order valence-corrected chi connectivity index (χ0v) is 14.8. The molecule has 0 N–H and O–H groups in total. The Morgan fingerprint density at radius 1 is 0.962 bits per heavy atom. The van der Waals surface area contributed by atoms with Crippen molar-refractivity contribution in [1.82, 2.24) is 4.90 Å². The molecular weight excluding hydrogens is 333 g/mol. The highest BCUT2D eigenvalue weighted by molar-refractivity contribution is 5.97. The molecule has 2 amide bonds. The third-order valence-electron chi connectivity index (χ3n) is 4.57. The largest absolute Gasteiger partial charge is 0.366 e. The quantitative estimate of drug-likeness (QED) is 0.847. The minimum absolute atomic E-state index is 0.0129. The predicted octanol–water partition coefficient (Wildman–Crippen LogP) is 2.53. The van der Waals surface area contributed by atoms with Crippen LogP contribution in [0.2, 0.25) is 0 Å². The van der Waals surface area contributed by atoms with E-state index in [0.29, 0.717) is 37.6 Å². The Balaban J connectivity index is 1.61. The van der Waals surface area contributed by atoms with E-state index in [1.807, 2.05) is 35.2 Å². The summed E-state index contributed by atoms with van der Waals surface area (Å²) in [5.41, 5.74) is 1.27. The van der Waals surface area contributed by atoms with Crippen molar-refractivity contribution in [3.63, 3.8) is 0 Å². The first-order chi connectivity index (χ1) is 12.6. The lowest BCUT2D eigenvalue weighted by molar-refractivity contribution is -0.131. The number of nitrogens with zero attached hydrogens (tertiary/aromatic N) is 3. The molecule has 1 saturated heterocycles. The Morgan fingerprint density at radius 2 is 1.58 bits per heavy atom. The summed E-state index contributed by atoms with van der Waals surface area (Å²) in [6, 6.07) is 15.8. The molecule has 2 aromatic rings. The van der Waals surface area contributed by atoms with Gasteiger partial charge in [-0.25, -0.2) is 4.39 Å². The Kier molecular flexibility index (Phi) is 5.51. The van der Waals surface area contributed by atoms with E-state index in [0.717, 1.165) is 0 Å². The van der Waals surface area contributed by atoms with Gasteiger partial charge in [0.2, 0.25) is 11.8 Å². The molecule has 1 heterocycles. The van der Waals surface area contributed by atoms with Gasteiger partial charge >= 0.3 is 0 Å². The van der Waals surface area contributed by atoms with Crippen molar-refractivity contribution < 1.29 is 14.0 Å². The van der Waals surface area contributed by atoms with E-state index in [1.165, 1.54) is 17.9 Å². The molecule has 1 fully saturated rings. The highest BCUT2D eigenvalue weighted by Crippen LogP contribution is 2.20. The van der Waals surface area contributed by atoms with Crippen LogP contribution >= 0.6 is 0 Å². The number of anilines is 2. The summed E-state index contributed by atoms with van der Waals surface area (Å²) >= 11 is 0. The Morgan fingerprint density at radius 3 is 2.19 bits per heavy atom. The fourth-order valence-corrected chi connectivity index (χ4v) is 3.13. The lowest BCUT2D eigenvalue weighted by Gasteiger charge is -2.37. The second-order valence-electron chi connectivity index (χ2n) is 6.26. The number of benzene rings is 2. The zero-order chi connectivity index (χ0) is 18.5. The molecule has 26 heavy (non-hydrogen) atoms. The van der Waals surface area contributed by atoms with E-state index in [1.54, 1.807) is 23.1 Å². The van der Waals surface area contributed by atoms with Crippen LogP contribution in [0.5, 0.6) is 0 Å². The molecule has 0 radical (unpaired) electrons. The Bertz CT molecular complexity index is 774. The molecule has 5 nitrogen and oxygen atoms in total. The van der Waals surface area contributed by atoms with Crippen molar-refractivity contribution in [3.8, 4) is 0 Å². The smallest absolute Gasteiger partial charge is 0.242 e. The molecule has 1 aliphatic heterocycles. The molecule has 0 aromatic heterocycles. The van der Waals surface area contributed by atoms with Crippen LogP contribution in [0, 0.1) is 5.82 Å². The molecule has 0 saturated carbocycles. The molecule has 6 heteroatoms. The normalized spacial score (nSPS) is 14.2. The number of hydrogen-bond donors (Lipinski definition) is 0. The van der Waals surface area contributed by atoms with Crippen LogP contribution in [0.25, 0.3) is 0 Å². The van der Waals surface area contributed by atoms with Gasteiger partial charge in [0.15, 0.2) is 0 Å². The molecular formula is C20H22FN3O2. The Labute approximate surface area is 152 Å². The van der Waals surface area contributed by atoms with Gasteiger partial charge in [0.25, 0.3) is 0 Å². The lowest BCUT2D eigenvalue weighted by atomic mass is 10.2. The molecule has 0 spiro atoms. The second-order valence-corrected chi connectivity index (χ2v) is 6.26. The van der Waals surface area contributed by atoms with Gasteiger partial charge in [-0.05, 0) is 24.3 Å². The third-order valence-corrected chi connectivity index (χ3v) is 4.57. The van der Waals surface area contributed by atoms with Crippen LogP contribution in [0.15, 0.2) is 54.6 Å². The number of para-hydroxylation sites is 2. The van der Waals surface area contributed by atoms with Crippen LogP contribution in [0.3, 0.4) is 0 Å². The summed E-state index contributed by atoms with van der Waals surface area (Å²) in [5, 5.41) is 0. The molecule has 2 aromatic carbocycles. The standard InChI is InChI=1S/C20H22FN3O2/c1-16(25)24(17-7-3-2-4-8-17)15-20(26)23-13-11-22(12-14-23)19-10-6-5-9-18(19)21/h2-10H,11-15H2,1H3. The van der Waals surface area contributed by atoms with E-state index < -0.39 is 0 Å². The maximum atomic E-state index is 13.9. The molecule has 0 aliphatic carbocycles. The molecule has 0 atom stereocenters. The molecule has 0 bridgehead atoms. The van der Waals surface area contributed by atoms with E-state index in [2.05, 4.69) is 0 Å². The zero-order valence-electron chi connectivity index (χ0n) is 14.8. The topological polar surface area (TPSA) is 43.9 Å². The van der Waals surface area contributed by atoms with E-state index in [4.69, 9.17) is 0 Å². The van der Waals surface area contributed by atoms with Crippen molar-refractivity contribution >= 4 is 23.2 Å². The first-order valence-corrected chi connectivity index (χ1v) is 8.66. The Hall–Kier alpha value is -2.89. The summed E-state index contributed by atoms with van der Waals surface area (Å²) in [5.74, 6) is -0.522. The van der Waals surface area contributed by atoms with E-state index in [9.17, 15) is 14.0 Å². The summed E-state index contributed by atoms with van der Waals surface area (Å²) < 4.78 is 13.9. The lowest BCUT2D eigenvalue weighted by Crippen LogP contribution is -2.52. The number of hydrogen-bond acceptors (Lipinski definition) is 3. The van der Waals surface area contributed by atoms with Crippen molar-refractivity contribution in [2.45, 2.75) is 6.92 Å². The minimum atomic E-state index is -0.251. The number of amides is 2. The van der Waals surface area contributed by atoms with Crippen LogP contribution < -0.4 is 9.80 Å². The average Bonchev–Trinajstić information content (AvgIpc) is 2.67. The van der Waals surface area contributed by atoms with Gasteiger partial charge in [-0.15, -0.1) is 0 Å². The summed E-state index contributed by atoms with van der Waals surface area (Å²) in [6.07, 6.45) is 0. The number of carbonyl (C=O) groups excluding carboxylic acids is 2. The maximum absolute atomic E-state index is 13.9. The fourth-order valence-electron chi connectivity index (χ4n) is 3.13. The van der Waals surface area contributed by atoms with Crippen molar-refractivity contribution in [2.24, 2.45) is 0 Å². The highest BCUT2D eigenvalue weighted by Gasteiger charge is 2.25. The second kappa shape index (κ2) is 7.99. The number of rotatable bonds is 4. The molecule has 3 rings (SSSR count). The van der Waals surface area contributed by atoms with Gasteiger partial charge in [-0.3, -0.25) is 9.59 Å². The van der Waals surface area contributed by atoms with Crippen LogP contribution in [-0.4, -0.2) is 49.4 Å². The van der Waals surface area contributed by atoms with Gasteiger partial charge in [-0.2, -0.15) is 0 Å². The SMILES string of the molecule is CC(=O)N(CC(=O)N1CCN(c2ccccc2F)CC1)c1ccccc1. The summed E-state index contributed by atoms with van der Waals surface area (Å²) in [4.78, 5) is 29.7. The fraction of sp³-hybridized carbons (Fsp3) is 0.300. The highest BCUT2D eigenvalue weighted by atomic mass is 19.1. The molecule has 136 valence electrons. The van der Waals surface area contributed by atoms with Gasteiger partial charge in [0.1, 0.15) is 12.4 Å². The monoisotopic (exact) mass is 355 g/mol. The van der Waals surface area contributed by atoms with Gasteiger partial charge in [0.05, 0.1) is 5.69 Å². The van der Waals surface area contributed by atoms with Crippen LogP contribution in [-0.2, 0) is 9.59 Å². The number of piperazine rings is 1. The minimum Gasteiger partial charge on any atom is -0.366 e. The first kappa shape index (κ1) is 17.9. The van der Waals surface area contributed by atoms with Crippen LogP contribution in [0.1, 0.15) is 6.92 Å². The number of halogens is 1. The van der Waals surface area contributed by atoms with E-state index >= 15 is 0 Å². The first-order valence-electron chi connectivity index (χ1n) is 8.66. The van der Waals surface area contributed by atoms with Gasteiger partial charge < -0.3 is 14.7 Å². The number of carbonyl (C=O) groups is 2. The molecule has 0 unspecified atom stereocenters. The third kappa shape index (κ3) is 4.02. The predicted molar refractivity (Wildman–Crippen MR) is 99.7 cm³/mol. The maximum Gasteiger partial charge on any atom is 0.242 e. The summed E-state index contributed by atoms with van der Waals surface area (Å²) in [7, 11) is 0. The van der Waals surface area contributed by atoms with E-state index in [-0.39, 0.29) is 24.2 Å². The average molecular weight is 355 g/mol. The van der Waals surface area contributed by atoms with Crippen LogP contribution in [0.4, 0.5) is 15.8 Å². The van der Waals surface area contributed by atoms with Crippen molar-refractivity contribution in [2.75, 3.05) is 42.5 Å². The van der Waals surface area contributed by atoms with Crippen molar-refractivity contribution in [3.05, 3.63) is 60.4 Å². The van der Waals surface area contributed by atoms with Gasteiger partial charge in [0, 0.05) is 38.8 Å². The molecule has 1 aliphatic rings.